The average molecular weight is 187 g/mol. The highest BCUT2D eigenvalue weighted by Crippen LogP contribution is 2.33. The van der Waals surface area contributed by atoms with Crippen LogP contribution < -0.4 is 9.46 Å². The second-order valence-electron chi connectivity index (χ2n) is 2.67. The largest absolute Gasteiger partial charge is 0.778 e. The quantitative estimate of drug-likeness (QED) is 0.504. The van der Waals surface area contributed by atoms with E-state index in [9.17, 15) is 9.46 Å². The first-order chi connectivity index (χ1) is 5.47. The maximum atomic E-state index is 10.5. The molecule has 0 aliphatic carbocycles. The lowest BCUT2D eigenvalue weighted by Gasteiger charge is -2.14. The van der Waals surface area contributed by atoms with E-state index in [0.29, 0.717) is 5.56 Å². The van der Waals surface area contributed by atoms with Crippen LogP contribution >= 0.6 is 7.60 Å². The van der Waals surface area contributed by atoms with Gasteiger partial charge in [0.2, 0.25) is 0 Å². The lowest BCUT2D eigenvalue weighted by Crippen LogP contribution is -2.26. The van der Waals surface area contributed by atoms with Crippen LogP contribution in [0.25, 0.3) is 0 Å². The highest BCUT2D eigenvalue weighted by molar-refractivity contribution is 7.49. The van der Waals surface area contributed by atoms with Crippen LogP contribution in [-0.2, 0) is 17.8 Å². The van der Waals surface area contributed by atoms with Crippen LogP contribution in [0.2, 0.25) is 0 Å². The molecule has 0 amide bonds. The van der Waals surface area contributed by atoms with Gasteiger partial charge in [0.15, 0.2) is 12.4 Å². The smallest absolute Gasteiger partial charge is 0.168 e. The van der Waals surface area contributed by atoms with Crippen molar-refractivity contribution in [3.63, 3.8) is 0 Å². The number of aromatic nitrogens is 1. The zero-order chi connectivity index (χ0) is 9.19. The third-order valence-electron chi connectivity index (χ3n) is 1.43. The van der Waals surface area contributed by atoms with E-state index < -0.39 is 7.60 Å². The SMILES string of the molecule is C[n+]1ccc(CP(=O)([O-])O)cc1. The van der Waals surface area contributed by atoms with Crippen molar-refractivity contribution in [1.29, 1.82) is 0 Å². The molecule has 0 fully saturated rings. The van der Waals surface area contributed by atoms with Gasteiger partial charge in [-0.25, -0.2) is 4.57 Å². The van der Waals surface area contributed by atoms with Gasteiger partial charge >= 0.3 is 0 Å². The number of rotatable bonds is 2. The molecule has 12 heavy (non-hydrogen) atoms. The molecule has 66 valence electrons. The third kappa shape index (κ3) is 3.13. The van der Waals surface area contributed by atoms with E-state index in [1.165, 1.54) is 0 Å². The molecule has 1 rings (SSSR count). The number of hydrogen-bond donors (Lipinski definition) is 1. The first-order valence-corrected chi connectivity index (χ1v) is 5.21. The third-order valence-corrected chi connectivity index (χ3v) is 2.19. The Labute approximate surface area is 70.6 Å². The van der Waals surface area contributed by atoms with E-state index >= 15 is 0 Å². The van der Waals surface area contributed by atoms with Gasteiger partial charge in [0.25, 0.3) is 0 Å². The van der Waals surface area contributed by atoms with Crippen molar-refractivity contribution in [2.45, 2.75) is 6.16 Å². The van der Waals surface area contributed by atoms with Crippen LogP contribution in [0.1, 0.15) is 5.56 Å². The Morgan fingerprint density at radius 1 is 1.58 bits per heavy atom. The van der Waals surface area contributed by atoms with Crippen molar-refractivity contribution >= 4 is 7.60 Å². The molecule has 1 heterocycles. The molecule has 1 aromatic rings. The molecule has 0 spiro atoms. The molecule has 0 bridgehead atoms. The van der Waals surface area contributed by atoms with E-state index in [0.717, 1.165) is 0 Å². The van der Waals surface area contributed by atoms with Crippen LogP contribution in [0.4, 0.5) is 0 Å². The monoisotopic (exact) mass is 187 g/mol. The highest BCUT2D eigenvalue weighted by atomic mass is 31.2. The van der Waals surface area contributed by atoms with Gasteiger partial charge in [-0.2, -0.15) is 0 Å². The summed E-state index contributed by atoms with van der Waals surface area (Å²) in [5.41, 5.74) is 0.592. The topological polar surface area (TPSA) is 64.2 Å². The van der Waals surface area contributed by atoms with Gasteiger partial charge in [0.05, 0.1) is 0 Å². The minimum atomic E-state index is -4.16. The Kier molecular flexibility index (Phi) is 2.62. The standard InChI is InChI=1S/C7H10NO3P/c1-8-4-2-7(3-5-8)6-12(9,10)11/h2-5H,6H2,1H3,(H-,9,10,11). The first-order valence-electron chi connectivity index (χ1n) is 3.44. The summed E-state index contributed by atoms with van der Waals surface area (Å²) >= 11 is 0. The molecule has 1 unspecified atom stereocenters. The number of pyridine rings is 1. The maximum Gasteiger partial charge on any atom is 0.168 e. The Bertz CT molecular complexity index is 303. The molecule has 4 nitrogen and oxygen atoms in total. The summed E-state index contributed by atoms with van der Waals surface area (Å²) in [5.74, 6) is 0. The number of hydrogen-bond acceptors (Lipinski definition) is 2. The van der Waals surface area contributed by atoms with Crippen LogP contribution in [0.3, 0.4) is 0 Å². The zero-order valence-electron chi connectivity index (χ0n) is 6.67. The zero-order valence-corrected chi connectivity index (χ0v) is 7.57. The Hall–Kier alpha value is -0.700. The molecule has 0 saturated carbocycles. The molecule has 1 aromatic heterocycles. The van der Waals surface area contributed by atoms with Gasteiger partial charge in [0.1, 0.15) is 14.6 Å². The van der Waals surface area contributed by atoms with Crippen molar-refractivity contribution in [2.75, 3.05) is 0 Å². The van der Waals surface area contributed by atoms with E-state index in [-0.39, 0.29) is 6.16 Å². The Morgan fingerprint density at radius 2 is 2.08 bits per heavy atom. The molecule has 0 aromatic carbocycles. The van der Waals surface area contributed by atoms with Gasteiger partial charge in [-0.1, -0.05) is 0 Å². The Balaban J connectivity index is 2.78. The van der Waals surface area contributed by atoms with E-state index in [4.69, 9.17) is 4.89 Å². The van der Waals surface area contributed by atoms with Crippen LogP contribution in [0.15, 0.2) is 24.5 Å². The summed E-state index contributed by atoms with van der Waals surface area (Å²) in [6.45, 7) is 0. The number of nitrogens with zero attached hydrogens (tertiary/aromatic N) is 1. The fraction of sp³-hybridized carbons (Fsp3) is 0.286. The molecular weight excluding hydrogens is 177 g/mol. The van der Waals surface area contributed by atoms with Crippen molar-refractivity contribution < 1.29 is 18.9 Å². The molecule has 0 saturated heterocycles. The summed E-state index contributed by atoms with van der Waals surface area (Å²) in [6, 6.07) is 3.31. The molecule has 1 N–H and O–H groups in total. The van der Waals surface area contributed by atoms with E-state index in [1.807, 2.05) is 7.05 Å². The summed E-state index contributed by atoms with van der Waals surface area (Å²) in [7, 11) is -2.33. The minimum absolute atomic E-state index is 0.298. The second-order valence-corrected chi connectivity index (χ2v) is 4.26. The maximum absolute atomic E-state index is 10.5. The lowest BCUT2D eigenvalue weighted by molar-refractivity contribution is -0.671. The molecule has 1 atom stereocenters. The highest BCUT2D eigenvalue weighted by Gasteiger charge is 2.04. The van der Waals surface area contributed by atoms with Crippen LogP contribution in [0.5, 0.6) is 0 Å². The van der Waals surface area contributed by atoms with Gasteiger partial charge in [-0.3, -0.25) is 0 Å². The normalized spacial score (nSPS) is 15.6. The van der Waals surface area contributed by atoms with Crippen molar-refractivity contribution in [1.82, 2.24) is 0 Å². The van der Waals surface area contributed by atoms with Crippen LogP contribution in [0, 0.1) is 0 Å². The fourth-order valence-corrected chi connectivity index (χ4v) is 1.54. The molecule has 5 heteroatoms. The summed E-state index contributed by atoms with van der Waals surface area (Å²) in [4.78, 5) is 19.0. The van der Waals surface area contributed by atoms with Crippen molar-refractivity contribution in [3.8, 4) is 0 Å². The molecule has 0 aliphatic rings. The number of aryl methyl sites for hydroxylation is 1. The molecule has 0 aliphatic heterocycles. The molecular formula is C7H10NO3P. The van der Waals surface area contributed by atoms with Crippen molar-refractivity contribution in [3.05, 3.63) is 30.1 Å². The minimum Gasteiger partial charge on any atom is -0.778 e. The Morgan fingerprint density at radius 3 is 2.50 bits per heavy atom. The first kappa shape index (κ1) is 9.39. The van der Waals surface area contributed by atoms with E-state index in [2.05, 4.69) is 0 Å². The van der Waals surface area contributed by atoms with Gasteiger partial charge < -0.3 is 14.4 Å². The molecule has 0 radical (unpaired) electrons. The van der Waals surface area contributed by atoms with E-state index in [1.54, 1.807) is 29.1 Å². The average Bonchev–Trinajstić information content (AvgIpc) is 1.91. The summed E-state index contributed by atoms with van der Waals surface area (Å²) in [6.07, 6.45) is 3.16. The fourth-order valence-electron chi connectivity index (χ4n) is 0.868. The summed E-state index contributed by atoms with van der Waals surface area (Å²) < 4.78 is 12.3. The van der Waals surface area contributed by atoms with Gasteiger partial charge in [-0.05, 0) is 5.56 Å². The van der Waals surface area contributed by atoms with Gasteiger partial charge in [-0.15, -0.1) is 0 Å². The van der Waals surface area contributed by atoms with Crippen LogP contribution in [-0.4, -0.2) is 4.89 Å². The van der Waals surface area contributed by atoms with Gasteiger partial charge in [0, 0.05) is 18.3 Å². The van der Waals surface area contributed by atoms with Crippen molar-refractivity contribution in [2.24, 2.45) is 7.05 Å². The predicted molar refractivity (Wildman–Crippen MR) is 41.1 cm³/mol. The summed E-state index contributed by atoms with van der Waals surface area (Å²) in [5, 5.41) is 0. The second kappa shape index (κ2) is 3.35. The lowest BCUT2D eigenvalue weighted by atomic mass is 10.3. The predicted octanol–water partition coefficient (Wildman–Crippen LogP) is -0.443.